The van der Waals surface area contributed by atoms with Crippen LogP contribution in [0.1, 0.15) is 24.2 Å². The summed E-state index contributed by atoms with van der Waals surface area (Å²) in [6.45, 7) is 3.66. The lowest BCUT2D eigenvalue weighted by atomic mass is 10.2. The molecule has 0 unspecified atom stereocenters. The molecule has 22 heavy (non-hydrogen) atoms. The number of anilines is 2. The third-order valence-electron chi connectivity index (χ3n) is 3.02. The second-order valence-electron chi connectivity index (χ2n) is 5.19. The first-order chi connectivity index (χ1) is 10.5. The number of carbonyl (C=O) groups is 2. The van der Waals surface area contributed by atoms with Crippen molar-refractivity contribution in [1.29, 1.82) is 0 Å². The van der Waals surface area contributed by atoms with Crippen LogP contribution in [-0.2, 0) is 4.79 Å². The molecule has 2 N–H and O–H groups in total. The van der Waals surface area contributed by atoms with Crippen molar-refractivity contribution >= 4 is 45.8 Å². The zero-order valence-corrected chi connectivity index (χ0v) is 14.5. The summed E-state index contributed by atoms with van der Waals surface area (Å²) in [7, 11) is 0. The normalized spacial score (nSPS) is 10.4. The summed E-state index contributed by atoms with van der Waals surface area (Å²) in [6, 6.07) is 14.4. The van der Waals surface area contributed by atoms with Gasteiger partial charge in [-0.2, -0.15) is 0 Å². The lowest BCUT2D eigenvalue weighted by molar-refractivity contribution is -0.118. The van der Waals surface area contributed by atoms with Gasteiger partial charge in [-0.3, -0.25) is 9.59 Å². The quantitative estimate of drug-likeness (QED) is 0.748. The van der Waals surface area contributed by atoms with Crippen LogP contribution in [0.15, 0.2) is 48.5 Å². The van der Waals surface area contributed by atoms with E-state index in [9.17, 15) is 9.59 Å². The van der Waals surface area contributed by atoms with E-state index in [1.165, 1.54) is 0 Å². The monoisotopic (exact) mass is 408 g/mol. The maximum absolute atomic E-state index is 12.2. The van der Waals surface area contributed by atoms with Crippen molar-refractivity contribution in [3.8, 4) is 0 Å². The summed E-state index contributed by atoms with van der Waals surface area (Å²) in [5.74, 6) is -0.324. The van der Waals surface area contributed by atoms with Gasteiger partial charge in [-0.15, -0.1) is 0 Å². The molecule has 0 aliphatic rings. The van der Waals surface area contributed by atoms with Crippen molar-refractivity contribution < 1.29 is 9.59 Å². The number of halogens is 1. The van der Waals surface area contributed by atoms with Crippen LogP contribution in [0.4, 0.5) is 11.4 Å². The average Bonchev–Trinajstić information content (AvgIpc) is 2.48. The van der Waals surface area contributed by atoms with Gasteiger partial charge in [0, 0.05) is 26.4 Å². The van der Waals surface area contributed by atoms with E-state index in [1.807, 2.05) is 26.0 Å². The number of carbonyl (C=O) groups excluding carboxylic acids is 2. The van der Waals surface area contributed by atoms with Crippen LogP contribution in [0.25, 0.3) is 0 Å². The zero-order chi connectivity index (χ0) is 16.1. The van der Waals surface area contributed by atoms with Crippen molar-refractivity contribution in [3.05, 3.63) is 57.7 Å². The van der Waals surface area contributed by atoms with Crippen LogP contribution < -0.4 is 10.6 Å². The smallest absolute Gasteiger partial charge is 0.255 e. The Kier molecular flexibility index (Phi) is 5.54. The van der Waals surface area contributed by atoms with Crippen LogP contribution in [0.2, 0.25) is 0 Å². The van der Waals surface area contributed by atoms with Gasteiger partial charge in [-0.05, 0) is 65.1 Å². The minimum Gasteiger partial charge on any atom is -0.326 e. The molecule has 0 aliphatic heterocycles. The second kappa shape index (κ2) is 7.40. The largest absolute Gasteiger partial charge is 0.326 e. The third kappa shape index (κ3) is 4.56. The van der Waals surface area contributed by atoms with Crippen molar-refractivity contribution in [1.82, 2.24) is 0 Å². The molecule has 0 heterocycles. The molecule has 2 aromatic carbocycles. The minimum atomic E-state index is -0.177. The summed E-state index contributed by atoms with van der Waals surface area (Å²) < 4.78 is 1.08. The molecule has 0 saturated carbocycles. The highest BCUT2D eigenvalue weighted by molar-refractivity contribution is 14.1. The summed E-state index contributed by atoms with van der Waals surface area (Å²) in [6.07, 6.45) is 0. The predicted octanol–water partition coefficient (Wildman–Crippen LogP) is 4.14. The molecule has 2 rings (SSSR count). The molecule has 0 saturated heterocycles. The Balaban J connectivity index is 2.08. The van der Waals surface area contributed by atoms with E-state index in [-0.39, 0.29) is 17.7 Å². The van der Waals surface area contributed by atoms with Gasteiger partial charge in [0.05, 0.1) is 0 Å². The lowest BCUT2D eigenvalue weighted by Crippen LogP contribution is -2.18. The van der Waals surface area contributed by atoms with E-state index in [4.69, 9.17) is 0 Å². The molecule has 0 aliphatic carbocycles. The van der Waals surface area contributed by atoms with Crippen LogP contribution in [0, 0.1) is 9.49 Å². The molecule has 4 nitrogen and oxygen atoms in total. The predicted molar refractivity (Wildman–Crippen MR) is 97.0 cm³/mol. The standard InChI is InChI=1S/C17H17IN2O2/c1-11(2)16(21)19-14-4-3-5-15(10-14)20-17(22)12-6-8-13(18)9-7-12/h3-11H,1-2H3,(H,19,21)(H,20,22). The molecule has 0 radical (unpaired) electrons. The fourth-order valence-corrected chi connectivity index (χ4v) is 2.13. The van der Waals surface area contributed by atoms with E-state index < -0.39 is 0 Å². The first-order valence-electron chi connectivity index (χ1n) is 6.93. The van der Waals surface area contributed by atoms with Crippen LogP contribution in [-0.4, -0.2) is 11.8 Å². The maximum atomic E-state index is 12.2. The van der Waals surface area contributed by atoms with E-state index in [0.717, 1.165) is 3.57 Å². The average molecular weight is 408 g/mol. The first-order valence-corrected chi connectivity index (χ1v) is 8.01. The number of hydrogen-bond acceptors (Lipinski definition) is 2. The van der Waals surface area contributed by atoms with E-state index in [1.54, 1.807) is 36.4 Å². The van der Waals surface area contributed by atoms with Gasteiger partial charge in [0.15, 0.2) is 0 Å². The molecule has 0 spiro atoms. The highest BCUT2D eigenvalue weighted by atomic mass is 127. The Hall–Kier alpha value is -1.89. The molecule has 0 aromatic heterocycles. The van der Waals surface area contributed by atoms with Gasteiger partial charge in [0.2, 0.25) is 5.91 Å². The number of nitrogens with one attached hydrogen (secondary N) is 2. The van der Waals surface area contributed by atoms with Gasteiger partial charge in [0.1, 0.15) is 0 Å². The zero-order valence-electron chi connectivity index (χ0n) is 12.4. The number of rotatable bonds is 4. The fourth-order valence-electron chi connectivity index (χ4n) is 1.77. The SMILES string of the molecule is CC(C)C(=O)Nc1cccc(NC(=O)c2ccc(I)cc2)c1. The second-order valence-corrected chi connectivity index (χ2v) is 6.43. The first kappa shape index (κ1) is 16.5. The molecule has 0 bridgehead atoms. The van der Waals surface area contributed by atoms with Crippen LogP contribution >= 0.6 is 22.6 Å². The molecule has 2 aromatic rings. The Morgan fingerprint density at radius 1 is 0.955 bits per heavy atom. The van der Waals surface area contributed by atoms with Gasteiger partial charge < -0.3 is 10.6 Å². The van der Waals surface area contributed by atoms with E-state index in [0.29, 0.717) is 16.9 Å². The lowest BCUT2D eigenvalue weighted by Gasteiger charge is -2.10. The van der Waals surface area contributed by atoms with E-state index >= 15 is 0 Å². The fraction of sp³-hybridized carbons (Fsp3) is 0.176. The summed E-state index contributed by atoms with van der Waals surface area (Å²) in [4.78, 5) is 23.9. The molecular weight excluding hydrogens is 391 g/mol. The van der Waals surface area contributed by atoms with Crippen molar-refractivity contribution in [2.75, 3.05) is 10.6 Å². The van der Waals surface area contributed by atoms with Crippen molar-refractivity contribution in [3.63, 3.8) is 0 Å². The summed E-state index contributed by atoms with van der Waals surface area (Å²) >= 11 is 2.19. The van der Waals surface area contributed by atoms with Crippen molar-refractivity contribution in [2.45, 2.75) is 13.8 Å². The van der Waals surface area contributed by atoms with Crippen molar-refractivity contribution in [2.24, 2.45) is 5.92 Å². The topological polar surface area (TPSA) is 58.2 Å². The Bertz CT molecular complexity index is 681. The van der Waals surface area contributed by atoms with Crippen LogP contribution in [0.5, 0.6) is 0 Å². The highest BCUT2D eigenvalue weighted by Crippen LogP contribution is 2.17. The van der Waals surface area contributed by atoms with Crippen LogP contribution in [0.3, 0.4) is 0 Å². The summed E-state index contributed by atoms with van der Waals surface area (Å²) in [5, 5.41) is 5.64. The Morgan fingerprint density at radius 2 is 1.55 bits per heavy atom. The summed E-state index contributed by atoms with van der Waals surface area (Å²) in [5.41, 5.74) is 1.90. The number of benzene rings is 2. The highest BCUT2D eigenvalue weighted by Gasteiger charge is 2.09. The Labute approximate surface area is 143 Å². The number of hydrogen-bond donors (Lipinski definition) is 2. The molecule has 5 heteroatoms. The van der Waals surface area contributed by atoms with Gasteiger partial charge in [0.25, 0.3) is 5.91 Å². The third-order valence-corrected chi connectivity index (χ3v) is 3.74. The maximum Gasteiger partial charge on any atom is 0.255 e. The molecule has 114 valence electrons. The molecule has 0 atom stereocenters. The Morgan fingerprint density at radius 3 is 2.14 bits per heavy atom. The van der Waals surface area contributed by atoms with Gasteiger partial charge in [-0.1, -0.05) is 19.9 Å². The number of amides is 2. The van der Waals surface area contributed by atoms with Gasteiger partial charge in [-0.25, -0.2) is 0 Å². The minimum absolute atomic E-state index is 0.0545. The molecular formula is C17H17IN2O2. The van der Waals surface area contributed by atoms with E-state index in [2.05, 4.69) is 33.2 Å². The molecule has 2 amide bonds. The van der Waals surface area contributed by atoms with Gasteiger partial charge >= 0.3 is 0 Å². The molecule has 0 fully saturated rings.